The molecular formula is C20H16FNO4. The number of ether oxygens (including phenoxy) is 1. The third-order valence-electron chi connectivity index (χ3n) is 3.68. The fraction of sp³-hybridized carbons (Fsp3) is 0.150. The highest BCUT2D eigenvalue weighted by molar-refractivity contribution is 5.97. The summed E-state index contributed by atoms with van der Waals surface area (Å²) in [7, 11) is 0. The van der Waals surface area contributed by atoms with Crippen molar-refractivity contribution in [2.45, 2.75) is 19.4 Å². The zero-order valence-corrected chi connectivity index (χ0v) is 13.9. The van der Waals surface area contributed by atoms with Gasteiger partial charge in [-0.1, -0.05) is 30.3 Å². The predicted molar refractivity (Wildman–Crippen MR) is 91.7 cm³/mol. The molecule has 1 aromatic heterocycles. The fourth-order valence-corrected chi connectivity index (χ4v) is 2.31. The van der Waals surface area contributed by atoms with Gasteiger partial charge in [-0.25, -0.2) is 9.37 Å². The highest BCUT2D eigenvalue weighted by Crippen LogP contribution is 2.19. The van der Waals surface area contributed by atoms with Crippen molar-refractivity contribution in [2.75, 3.05) is 0 Å². The molecule has 6 heteroatoms. The average Bonchev–Trinajstić information content (AvgIpc) is 3.14. The molecule has 0 saturated heterocycles. The summed E-state index contributed by atoms with van der Waals surface area (Å²) >= 11 is 0. The summed E-state index contributed by atoms with van der Waals surface area (Å²) in [6.07, 6.45) is 1.46. The molecule has 2 aromatic carbocycles. The Labute approximate surface area is 149 Å². The number of Topliss-reactive ketones (excluding diaryl/α,β-unsaturated/α-hetero) is 1. The van der Waals surface area contributed by atoms with Gasteiger partial charge in [-0.2, -0.15) is 0 Å². The maximum Gasteiger partial charge on any atom is 0.306 e. The van der Waals surface area contributed by atoms with Crippen LogP contribution in [0.3, 0.4) is 0 Å². The Kier molecular flexibility index (Phi) is 5.53. The third-order valence-corrected chi connectivity index (χ3v) is 3.68. The SMILES string of the molecule is O=C(CCC(=O)c1ccccc1)OCc1coc(-c2ccc(F)cc2)n1. The Bertz CT molecular complexity index is 888. The lowest BCUT2D eigenvalue weighted by Crippen LogP contribution is -2.08. The van der Waals surface area contributed by atoms with Gasteiger partial charge >= 0.3 is 5.97 Å². The summed E-state index contributed by atoms with van der Waals surface area (Å²) in [6, 6.07) is 14.5. The fourth-order valence-electron chi connectivity index (χ4n) is 2.31. The predicted octanol–water partition coefficient (Wildman–Crippen LogP) is 4.19. The lowest BCUT2D eigenvalue weighted by molar-refractivity contribution is -0.145. The summed E-state index contributed by atoms with van der Waals surface area (Å²) in [5.41, 5.74) is 1.63. The standard InChI is InChI=1S/C20H16FNO4/c21-16-8-6-15(7-9-16)20-22-17(13-26-20)12-25-19(24)11-10-18(23)14-4-2-1-3-5-14/h1-9,13H,10-12H2. The molecule has 5 nitrogen and oxygen atoms in total. The van der Waals surface area contributed by atoms with E-state index in [2.05, 4.69) is 4.98 Å². The minimum absolute atomic E-state index is 0.00357. The van der Waals surface area contributed by atoms with Crippen molar-refractivity contribution in [1.29, 1.82) is 0 Å². The van der Waals surface area contributed by atoms with Crippen LogP contribution >= 0.6 is 0 Å². The highest BCUT2D eigenvalue weighted by atomic mass is 19.1. The minimum atomic E-state index is -0.486. The van der Waals surface area contributed by atoms with Gasteiger partial charge in [0.05, 0.1) is 6.42 Å². The minimum Gasteiger partial charge on any atom is -0.459 e. The van der Waals surface area contributed by atoms with E-state index in [1.54, 1.807) is 36.4 Å². The van der Waals surface area contributed by atoms with Gasteiger partial charge in [-0.15, -0.1) is 0 Å². The first kappa shape index (κ1) is 17.5. The molecule has 0 atom stereocenters. The molecular weight excluding hydrogens is 337 g/mol. The summed E-state index contributed by atoms with van der Waals surface area (Å²) in [5.74, 6) is -0.627. The van der Waals surface area contributed by atoms with E-state index in [0.29, 0.717) is 22.7 Å². The van der Waals surface area contributed by atoms with Crippen LogP contribution < -0.4 is 0 Å². The molecule has 0 saturated carbocycles. The van der Waals surface area contributed by atoms with E-state index >= 15 is 0 Å². The van der Waals surface area contributed by atoms with Crippen LogP contribution in [0, 0.1) is 5.82 Å². The Morgan fingerprint density at radius 3 is 2.46 bits per heavy atom. The van der Waals surface area contributed by atoms with Crippen molar-refractivity contribution in [3.8, 4) is 11.5 Å². The Balaban J connectivity index is 1.47. The van der Waals surface area contributed by atoms with Crippen LogP contribution in [-0.4, -0.2) is 16.7 Å². The van der Waals surface area contributed by atoms with Crippen LogP contribution in [0.25, 0.3) is 11.5 Å². The normalized spacial score (nSPS) is 10.5. The maximum absolute atomic E-state index is 12.9. The number of rotatable bonds is 7. The highest BCUT2D eigenvalue weighted by Gasteiger charge is 2.12. The van der Waals surface area contributed by atoms with E-state index in [-0.39, 0.29) is 31.0 Å². The number of nitrogens with zero attached hydrogens (tertiary/aromatic N) is 1. The van der Waals surface area contributed by atoms with E-state index in [4.69, 9.17) is 9.15 Å². The third kappa shape index (κ3) is 4.63. The molecule has 1 heterocycles. The van der Waals surface area contributed by atoms with Crippen molar-refractivity contribution in [3.63, 3.8) is 0 Å². The van der Waals surface area contributed by atoms with Gasteiger partial charge in [0, 0.05) is 17.5 Å². The molecule has 0 spiro atoms. The monoisotopic (exact) mass is 353 g/mol. The number of aromatic nitrogens is 1. The molecule has 0 N–H and O–H groups in total. The number of ketones is 1. The Hall–Kier alpha value is -3.28. The summed E-state index contributed by atoms with van der Waals surface area (Å²) in [5, 5.41) is 0. The Morgan fingerprint density at radius 2 is 1.73 bits per heavy atom. The van der Waals surface area contributed by atoms with Gasteiger partial charge in [0.15, 0.2) is 5.78 Å². The van der Waals surface area contributed by atoms with E-state index in [0.717, 1.165) is 0 Å². The second-order valence-corrected chi connectivity index (χ2v) is 5.60. The van der Waals surface area contributed by atoms with Crippen molar-refractivity contribution in [1.82, 2.24) is 4.98 Å². The molecule has 0 fully saturated rings. The average molecular weight is 353 g/mol. The number of hydrogen-bond donors (Lipinski definition) is 0. The largest absolute Gasteiger partial charge is 0.459 e. The van der Waals surface area contributed by atoms with Gasteiger partial charge in [0.2, 0.25) is 5.89 Å². The van der Waals surface area contributed by atoms with Crippen LogP contribution in [0.1, 0.15) is 28.9 Å². The molecule has 132 valence electrons. The molecule has 26 heavy (non-hydrogen) atoms. The van der Waals surface area contributed by atoms with Gasteiger partial charge in [0.25, 0.3) is 0 Å². The number of hydrogen-bond acceptors (Lipinski definition) is 5. The quantitative estimate of drug-likeness (QED) is 0.471. The lowest BCUT2D eigenvalue weighted by Gasteiger charge is -2.02. The van der Waals surface area contributed by atoms with Crippen LogP contribution in [0.5, 0.6) is 0 Å². The van der Waals surface area contributed by atoms with E-state index in [1.165, 1.54) is 18.4 Å². The van der Waals surface area contributed by atoms with Crippen LogP contribution in [-0.2, 0) is 16.1 Å². The molecule has 0 aliphatic heterocycles. The zero-order valence-electron chi connectivity index (χ0n) is 13.9. The van der Waals surface area contributed by atoms with Crippen LogP contribution in [0.15, 0.2) is 65.3 Å². The van der Waals surface area contributed by atoms with Gasteiger partial charge < -0.3 is 9.15 Å². The summed E-state index contributed by atoms with van der Waals surface area (Å²) < 4.78 is 23.3. The van der Waals surface area contributed by atoms with Crippen LogP contribution in [0.4, 0.5) is 4.39 Å². The van der Waals surface area contributed by atoms with Gasteiger partial charge in [-0.3, -0.25) is 9.59 Å². The van der Waals surface area contributed by atoms with Crippen molar-refractivity contribution in [3.05, 3.63) is 77.9 Å². The number of esters is 1. The topological polar surface area (TPSA) is 69.4 Å². The first-order chi connectivity index (χ1) is 12.6. The number of carbonyl (C=O) groups excluding carboxylic acids is 2. The van der Waals surface area contributed by atoms with Crippen molar-refractivity contribution < 1.29 is 23.1 Å². The molecule has 0 amide bonds. The second-order valence-electron chi connectivity index (χ2n) is 5.60. The number of oxazole rings is 1. The van der Waals surface area contributed by atoms with E-state index < -0.39 is 5.97 Å². The molecule has 3 aromatic rings. The summed E-state index contributed by atoms with van der Waals surface area (Å²) in [6.45, 7) is -0.0525. The van der Waals surface area contributed by atoms with Gasteiger partial charge in [-0.05, 0) is 24.3 Å². The van der Waals surface area contributed by atoms with E-state index in [1.807, 2.05) is 6.07 Å². The first-order valence-electron chi connectivity index (χ1n) is 8.06. The van der Waals surface area contributed by atoms with Gasteiger partial charge in [0.1, 0.15) is 24.4 Å². The van der Waals surface area contributed by atoms with Crippen LogP contribution in [0.2, 0.25) is 0 Å². The zero-order chi connectivity index (χ0) is 18.4. The smallest absolute Gasteiger partial charge is 0.306 e. The molecule has 0 aliphatic carbocycles. The second kappa shape index (κ2) is 8.20. The molecule has 0 radical (unpaired) electrons. The molecule has 3 rings (SSSR count). The van der Waals surface area contributed by atoms with Crippen molar-refractivity contribution in [2.24, 2.45) is 0 Å². The lowest BCUT2D eigenvalue weighted by atomic mass is 10.1. The maximum atomic E-state index is 12.9. The molecule has 0 bridgehead atoms. The number of halogens is 1. The molecule has 0 aliphatic rings. The van der Waals surface area contributed by atoms with E-state index in [9.17, 15) is 14.0 Å². The van der Waals surface area contributed by atoms with Crippen molar-refractivity contribution >= 4 is 11.8 Å². The summed E-state index contributed by atoms with van der Waals surface area (Å²) in [4.78, 5) is 27.9. The number of benzene rings is 2. The molecule has 0 unspecified atom stereocenters. The first-order valence-corrected chi connectivity index (χ1v) is 8.06. The number of carbonyl (C=O) groups is 2. The Morgan fingerprint density at radius 1 is 1.00 bits per heavy atom.